The van der Waals surface area contributed by atoms with E-state index in [0.29, 0.717) is 5.69 Å². The van der Waals surface area contributed by atoms with E-state index in [1.807, 2.05) is 14.1 Å². The van der Waals surface area contributed by atoms with Gasteiger partial charge in [0.2, 0.25) is 0 Å². The van der Waals surface area contributed by atoms with Crippen LogP contribution in [0.5, 0.6) is 0 Å². The van der Waals surface area contributed by atoms with Gasteiger partial charge in [-0.15, -0.1) is 0 Å². The molecule has 0 N–H and O–H groups in total. The van der Waals surface area contributed by atoms with Gasteiger partial charge in [-0.05, 0) is 6.07 Å². The van der Waals surface area contributed by atoms with E-state index in [4.69, 9.17) is 0 Å². The molecule has 0 fully saturated rings. The predicted molar refractivity (Wildman–Crippen MR) is 54.9 cm³/mol. The van der Waals surface area contributed by atoms with E-state index in [9.17, 15) is 10.1 Å². The average molecular weight is 193 g/mol. The van der Waals surface area contributed by atoms with Gasteiger partial charge in [-0.25, -0.2) is 4.99 Å². The van der Waals surface area contributed by atoms with Gasteiger partial charge in [0.15, 0.2) is 0 Å². The number of rotatable bonds is 3. The van der Waals surface area contributed by atoms with Gasteiger partial charge in [0.1, 0.15) is 0 Å². The van der Waals surface area contributed by atoms with Gasteiger partial charge in [0, 0.05) is 26.2 Å². The van der Waals surface area contributed by atoms with Crippen LogP contribution in [0.3, 0.4) is 0 Å². The van der Waals surface area contributed by atoms with Crippen LogP contribution in [0.15, 0.2) is 29.3 Å². The smallest absolute Gasteiger partial charge is 0.271 e. The summed E-state index contributed by atoms with van der Waals surface area (Å²) in [5.41, 5.74) is 0.631. The summed E-state index contributed by atoms with van der Waals surface area (Å²) in [6.45, 7) is 0. The van der Waals surface area contributed by atoms with Crippen molar-refractivity contribution in [2.24, 2.45) is 4.99 Å². The highest BCUT2D eigenvalue weighted by Gasteiger charge is 2.03. The second-order valence-electron chi connectivity index (χ2n) is 2.99. The summed E-state index contributed by atoms with van der Waals surface area (Å²) in [6.07, 6.45) is 1.60. The molecule has 5 heteroatoms. The first kappa shape index (κ1) is 10.2. The molecule has 0 bridgehead atoms. The maximum absolute atomic E-state index is 10.4. The van der Waals surface area contributed by atoms with Crippen LogP contribution in [0, 0.1) is 10.1 Å². The molecule has 1 aromatic carbocycles. The molecule has 1 rings (SSSR count). The Morgan fingerprint density at radius 2 is 2.21 bits per heavy atom. The Labute approximate surface area is 81.8 Å². The Hall–Kier alpha value is -1.91. The Morgan fingerprint density at radius 3 is 2.79 bits per heavy atom. The third-order valence-corrected chi connectivity index (χ3v) is 1.48. The Kier molecular flexibility index (Phi) is 3.17. The lowest BCUT2D eigenvalue weighted by Crippen LogP contribution is -2.06. The lowest BCUT2D eigenvalue weighted by atomic mass is 10.3. The van der Waals surface area contributed by atoms with Gasteiger partial charge in [0.05, 0.1) is 16.9 Å². The summed E-state index contributed by atoms with van der Waals surface area (Å²) in [6, 6.07) is 6.20. The minimum atomic E-state index is -0.436. The first-order chi connectivity index (χ1) is 6.59. The summed E-state index contributed by atoms with van der Waals surface area (Å²) >= 11 is 0. The fourth-order valence-electron chi connectivity index (χ4n) is 0.869. The molecule has 0 radical (unpaired) electrons. The van der Waals surface area contributed by atoms with E-state index in [0.717, 1.165) is 0 Å². The molecule has 0 spiro atoms. The minimum absolute atomic E-state index is 0.0541. The monoisotopic (exact) mass is 193 g/mol. The van der Waals surface area contributed by atoms with Crippen molar-refractivity contribution in [3.8, 4) is 0 Å². The van der Waals surface area contributed by atoms with Crippen LogP contribution in [-0.4, -0.2) is 30.3 Å². The summed E-state index contributed by atoms with van der Waals surface area (Å²) in [5.74, 6) is 0. The molecule has 0 aliphatic heterocycles. The highest BCUT2D eigenvalue weighted by molar-refractivity contribution is 5.61. The summed E-state index contributed by atoms with van der Waals surface area (Å²) < 4.78 is 0. The number of benzene rings is 1. The molecule has 1 aromatic rings. The molecule has 0 aromatic heterocycles. The molecule has 0 unspecified atom stereocenters. The Morgan fingerprint density at radius 1 is 1.50 bits per heavy atom. The quantitative estimate of drug-likeness (QED) is 0.318. The zero-order valence-corrected chi connectivity index (χ0v) is 8.04. The van der Waals surface area contributed by atoms with Crippen LogP contribution in [0.4, 0.5) is 11.4 Å². The molecule has 5 nitrogen and oxygen atoms in total. The van der Waals surface area contributed by atoms with E-state index < -0.39 is 4.92 Å². The van der Waals surface area contributed by atoms with Crippen LogP contribution in [-0.2, 0) is 0 Å². The lowest BCUT2D eigenvalue weighted by Gasteiger charge is -2.01. The second-order valence-corrected chi connectivity index (χ2v) is 2.99. The molecule has 0 heterocycles. The number of nitro benzene ring substituents is 1. The third-order valence-electron chi connectivity index (χ3n) is 1.48. The number of hydrogen-bond donors (Lipinski definition) is 0. The maximum Gasteiger partial charge on any atom is 0.271 e. The van der Waals surface area contributed by atoms with Gasteiger partial charge in [0.25, 0.3) is 5.69 Å². The van der Waals surface area contributed by atoms with Crippen molar-refractivity contribution >= 4 is 17.7 Å². The molecule has 14 heavy (non-hydrogen) atoms. The van der Waals surface area contributed by atoms with Crippen molar-refractivity contribution in [2.75, 3.05) is 14.1 Å². The standard InChI is InChI=1S/C9H11N3O2/c1-11(2)7-10-8-4-3-5-9(6-8)12(13)14/h3-7H,1-2H3. The van der Waals surface area contributed by atoms with Crippen molar-refractivity contribution in [3.05, 3.63) is 34.4 Å². The van der Waals surface area contributed by atoms with Crippen molar-refractivity contribution < 1.29 is 4.92 Å². The zero-order chi connectivity index (χ0) is 10.6. The van der Waals surface area contributed by atoms with Crippen LogP contribution in [0.1, 0.15) is 0 Å². The van der Waals surface area contributed by atoms with E-state index in [-0.39, 0.29) is 5.69 Å². The van der Waals surface area contributed by atoms with E-state index in [1.54, 1.807) is 23.4 Å². The van der Waals surface area contributed by atoms with Crippen LogP contribution in [0.25, 0.3) is 0 Å². The fraction of sp³-hybridized carbons (Fsp3) is 0.222. The SMILES string of the molecule is CN(C)C=Nc1cccc([N+](=O)[O-])c1. The largest absolute Gasteiger partial charge is 0.369 e. The maximum atomic E-state index is 10.4. The predicted octanol–water partition coefficient (Wildman–Crippen LogP) is 1.82. The average Bonchev–Trinajstić information content (AvgIpc) is 2.15. The fourth-order valence-corrected chi connectivity index (χ4v) is 0.869. The molecule has 0 aliphatic rings. The van der Waals surface area contributed by atoms with Crippen LogP contribution >= 0.6 is 0 Å². The molecule has 0 atom stereocenters. The van der Waals surface area contributed by atoms with Gasteiger partial charge in [-0.1, -0.05) is 6.07 Å². The molecule has 0 amide bonds. The molecule has 0 aliphatic carbocycles. The number of nitro groups is 1. The number of nitrogens with zero attached hydrogens (tertiary/aromatic N) is 3. The lowest BCUT2D eigenvalue weighted by molar-refractivity contribution is -0.384. The number of aliphatic imine (C=N–C) groups is 1. The molecule has 0 saturated heterocycles. The number of non-ortho nitro benzene ring substituents is 1. The van der Waals surface area contributed by atoms with Crippen LogP contribution in [0.2, 0.25) is 0 Å². The topological polar surface area (TPSA) is 58.7 Å². The minimum Gasteiger partial charge on any atom is -0.369 e. The van der Waals surface area contributed by atoms with Crippen molar-refractivity contribution in [2.45, 2.75) is 0 Å². The summed E-state index contributed by atoms with van der Waals surface area (Å²) in [5, 5.41) is 10.4. The van der Waals surface area contributed by atoms with E-state index in [2.05, 4.69) is 4.99 Å². The highest BCUT2D eigenvalue weighted by atomic mass is 16.6. The van der Waals surface area contributed by atoms with E-state index in [1.165, 1.54) is 12.1 Å². The van der Waals surface area contributed by atoms with Gasteiger partial charge in [-0.3, -0.25) is 10.1 Å². The molecular formula is C9H11N3O2. The normalized spacial score (nSPS) is 10.4. The summed E-state index contributed by atoms with van der Waals surface area (Å²) in [7, 11) is 3.67. The van der Waals surface area contributed by atoms with Crippen molar-refractivity contribution in [1.29, 1.82) is 0 Å². The van der Waals surface area contributed by atoms with Crippen LogP contribution < -0.4 is 0 Å². The van der Waals surface area contributed by atoms with Gasteiger partial charge >= 0.3 is 0 Å². The molecular weight excluding hydrogens is 182 g/mol. The van der Waals surface area contributed by atoms with Crippen molar-refractivity contribution in [3.63, 3.8) is 0 Å². The Balaban J connectivity index is 2.89. The summed E-state index contributed by atoms with van der Waals surface area (Å²) in [4.78, 5) is 15.8. The second kappa shape index (κ2) is 4.36. The third kappa shape index (κ3) is 2.85. The number of hydrogen-bond acceptors (Lipinski definition) is 3. The molecule has 0 saturated carbocycles. The van der Waals surface area contributed by atoms with Gasteiger partial charge < -0.3 is 4.90 Å². The molecule has 74 valence electrons. The first-order valence-corrected chi connectivity index (χ1v) is 4.04. The highest BCUT2D eigenvalue weighted by Crippen LogP contribution is 2.18. The first-order valence-electron chi connectivity index (χ1n) is 4.04. The Bertz CT molecular complexity index is 361. The van der Waals surface area contributed by atoms with Crippen molar-refractivity contribution in [1.82, 2.24) is 4.90 Å². The van der Waals surface area contributed by atoms with E-state index >= 15 is 0 Å². The zero-order valence-electron chi connectivity index (χ0n) is 8.04. The van der Waals surface area contributed by atoms with Gasteiger partial charge in [-0.2, -0.15) is 0 Å².